The first-order chi connectivity index (χ1) is 8.63. The molecule has 0 aromatic heterocycles. The van der Waals surface area contributed by atoms with Crippen molar-refractivity contribution >= 4 is 15.5 Å². The normalized spacial score (nSPS) is 11.9. The van der Waals surface area contributed by atoms with Crippen LogP contribution in [0.25, 0.3) is 0 Å². The van der Waals surface area contributed by atoms with Gasteiger partial charge in [-0.05, 0) is 18.2 Å². The number of nitriles is 1. The van der Waals surface area contributed by atoms with E-state index in [1.807, 2.05) is 0 Å². The van der Waals surface area contributed by atoms with Crippen molar-refractivity contribution in [3.63, 3.8) is 0 Å². The lowest BCUT2D eigenvalue weighted by atomic mass is 10.1. The molecule has 104 valence electrons. The zero-order valence-electron chi connectivity index (χ0n) is 9.95. The van der Waals surface area contributed by atoms with Crippen molar-refractivity contribution in [3.8, 4) is 6.07 Å². The molecule has 0 bridgehead atoms. The smallest absolute Gasteiger partial charge is 0.383 e. The number of halogens is 3. The van der Waals surface area contributed by atoms with Crippen LogP contribution in [0.4, 0.5) is 18.9 Å². The van der Waals surface area contributed by atoms with Crippen LogP contribution < -0.4 is 5.32 Å². The first-order valence-electron chi connectivity index (χ1n) is 5.16. The summed E-state index contributed by atoms with van der Waals surface area (Å²) >= 11 is 0. The number of alkyl halides is 3. The summed E-state index contributed by atoms with van der Waals surface area (Å²) in [5, 5.41) is 11.4. The van der Waals surface area contributed by atoms with Crippen LogP contribution in [-0.4, -0.2) is 27.0 Å². The van der Waals surface area contributed by atoms with E-state index in [0.717, 1.165) is 24.5 Å². The molecule has 1 N–H and O–H groups in total. The zero-order valence-corrected chi connectivity index (χ0v) is 10.8. The average Bonchev–Trinajstić information content (AvgIpc) is 2.26. The van der Waals surface area contributed by atoms with Crippen LogP contribution in [0.2, 0.25) is 0 Å². The lowest BCUT2D eigenvalue weighted by Gasteiger charge is -2.11. The van der Waals surface area contributed by atoms with Crippen LogP contribution in [0, 0.1) is 11.3 Å². The van der Waals surface area contributed by atoms with Gasteiger partial charge in [0.05, 0.1) is 22.6 Å². The molecular weight excluding hydrogens is 281 g/mol. The Kier molecular flexibility index (Phi) is 4.42. The summed E-state index contributed by atoms with van der Waals surface area (Å²) in [5.41, 5.74) is -0.916. The third kappa shape index (κ3) is 4.79. The van der Waals surface area contributed by atoms with Crippen molar-refractivity contribution < 1.29 is 21.6 Å². The molecule has 0 atom stereocenters. The Bertz CT molecular complexity index is 603. The van der Waals surface area contributed by atoms with E-state index in [-0.39, 0.29) is 23.5 Å². The van der Waals surface area contributed by atoms with E-state index in [0.29, 0.717) is 0 Å². The Hall–Kier alpha value is -1.75. The zero-order chi connectivity index (χ0) is 14.7. The summed E-state index contributed by atoms with van der Waals surface area (Å²) < 4.78 is 59.1. The number of rotatable bonds is 4. The second kappa shape index (κ2) is 5.48. The van der Waals surface area contributed by atoms with E-state index in [1.54, 1.807) is 6.07 Å². The molecule has 1 aromatic carbocycles. The van der Waals surface area contributed by atoms with Gasteiger partial charge in [0, 0.05) is 12.8 Å². The van der Waals surface area contributed by atoms with Crippen LogP contribution in [0.15, 0.2) is 18.2 Å². The standard InChI is InChI=1S/C11H11F3N2O2S/c1-19(17,18)5-4-16-10-3-2-9(11(12,13)14)6-8(10)7-15/h2-3,6,16H,4-5H2,1H3. The van der Waals surface area contributed by atoms with Gasteiger partial charge in [0.25, 0.3) is 0 Å². The van der Waals surface area contributed by atoms with Crippen LogP contribution in [0.5, 0.6) is 0 Å². The van der Waals surface area contributed by atoms with E-state index < -0.39 is 21.6 Å². The summed E-state index contributed by atoms with van der Waals surface area (Å²) in [5.74, 6) is -0.168. The van der Waals surface area contributed by atoms with Gasteiger partial charge in [0.15, 0.2) is 0 Å². The molecule has 0 aliphatic heterocycles. The van der Waals surface area contributed by atoms with Crippen molar-refractivity contribution in [1.82, 2.24) is 0 Å². The number of anilines is 1. The highest BCUT2D eigenvalue weighted by Gasteiger charge is 2.31. The predicted octanol–water partition coefficient (Wildman–Crippen LogP) is 2.03. The lowest BCUT2D eigenvalue weighted by molar-refractivity contribution is -0.137. The van der Waals surface area contributed by atoms with Crippen molar-refractivity contribution in [3.05, 3.63) is 29.3 Å². The van der Waals surface area contributed by atoms with Crippen LogP contribution in [-0.2, 0) is 16.0 Å². The molecule has 0 amide bonds. The van der Waals surface area contributed by atoms with E-state index in [4.69, 9.17) is 5.26 Å². The van der Waals surface area contributed by atoms with E-state index in [1.165, 1.54) is 0 Å². The SMILES string of the molecule is CS(=O)(=O)CCNc1ccc(C(F)(F)F)cc1C#N. The van der Waals surface area contributed by atoms with Gasteiger partial charge in [-0.2, -0.15) is 18.4 Å². The van der Waals surface area contributed by atoms with Gasteiger partial charge in [0.2, 0.25) is 0 Å². The Labute approximate surface area is 108 Å². The van der Waals surface area contributed by atoms with Gasteiger partial charge in [-0.3, -0.25) is 0 Å². The van der Waals surface area contributed by atoms with E-state index in [9.17, 15) is 21.6 Å². The summed E-state index contributed by atoms with van der Waals surface area (Å²) in [6.45, 7) is 0.0267. The quantitative estimate of drug-likeness (QED) is 0.922. The highest BCUT2D eigenvalue weighted by Crippen LogP contribution is 2.31. The van der Waals surface area contributed by atoms with Crippen LogP contribution in [0.1, 0.15) is 11.1 Å². The van der Waals surface area contributed by atoms with Gasteiger partial charge in [0.1, 0.15) is 15.9 Å². The fourth-order valence-electron chi connectivity index (χ4n) is 1.34. The van der Waals surface area contributed by atoms with Crippen molar-refractivity contribution in [2.24, 2.45) is 0 Å². The highest BCUT2D eigenvalue weighted by molar-refractivity contribution is 7.90. The average molecular weight is 292 g/mol. The van der Waals surface area contributed by atoms with Gasteiger partial charge < -0.3 is 5.32 Å². The second-order valence-corrected chi connectivity index (χ2v) is 6.19. The van der Waals surface area contributed by atoms with Gasteiger partial charge in [-0.25, -0.2) is 8.42 Å². The second-order valence-electron chi connectivity index (χ2n) is 3.93. The molecular formula is C11H11F3N2O2S. The first kappa shape index (κ1) is 15.3. The molecule has 0 aliphatic carbocycles. The molecule has 0 spiro atoms. The summed E-state index contributed by atoms with van der Waals surface area (Å²) in [7, 11) is -3.17. The number of hydrogen-bond donors (Lipinski definition) is 1. The van der Waals surface area contributed by atoms with Crippen molar-refractivity contribution in [2.75, 3.05) is 23.9 Å². The maximum atomic E-state index is 12.4. The minimum atomic E-state index is -4.52. The minimum absolute atomic E-state index is 0.0267. The molecule has 0 saturated heterocycles. The number of nitrogens with one attached hydrogen (secondary N) is 1. The number of nitrogens with zero attached hydrogens (tertiary/aromatic N) is 1. The highest BCUT2D eigenvalue weighted by atomic mass is 32.2. The molecule has 0 fully saturated rings. The monoisotopic (exact) mass is 292 g/mol. The van der Waals surface area contributed by atoms with Crippen LogP contribution in [0.3, 0.4) is 0 Å². The maximum Gasteiger partial charge on any atom is 0.416 e. The number of benzene rings is 1. The number of hydrogen-bond acceptors (Lipinski definition) is 4. The largest absolute Gasteiger partial charge is 0.416 e. The molecule has 0 saturated carbocycles. The molecule has 8 heteroatoms. The number of sulfone groups is 1. The Morgan fingerprint density at radius 2 is 2.00 bits per heavy atom. The topological polar surface area (TPSA) is 70.0 Å². The molecule has 1 aromatic rings. The van der Waals surface area contributed by atoms with Gasteiger partial charge >= 0.3 is 6.18 Å². The maximum absolute atomic E-state index is 12.4. The molecule has 0 aliphatic rings. The Morgan fingerprint density at radius 3 is 2.47 bits per heavy atom. The molecule has 4 nitrogen and oxygen atoms in total. The first-order valence-corrected chi connectivity index (χ1v) is 7.22. The summed E-state index contributed by atoms with van der Waals surface area (Å²) in [4.78, 5) is 0. The van der Waals surface area contributed by atoms with E-state index in [2.05, 4.69) is 5.32 Å². The summed E-state index contributed by atoms with van der Waals surface area (Å²) in [6.07, 6.45) is -3.47. The molecule has 0 heterocycles. The molecule has 1 rings (SSSR count). The third-order valence-corrected chi connectivity index (χ3v) is 3.20. The molecule has 0 unspecified atom stereocenters. The Balaban J connectivity index is 2.89. The Morgan fingerprint density at radius 1 is 1.37 bits per heavy atom. The fourth-order valence-corrected chi connectivity index (χ4v) is 1.81. The summed E-state index contributed by atoms with van der Waals surface area (Å²) in [6, 6.07) is 4.32. The van der Waals surface area contributed by atoms with Gasteiger partial charge in [-0.15, -0.1) is 0 Å². The van der Waals surface area contributed by atoms with Crippen LogP contribution >= 0.6 is 0 Å². The van der Waals surface area contributed by atoms with Crippen molar-refractivity contribution in [2.45, 2.75) is 6.18 Å². The molecule has 19 heavy (non-hydrogen) atoms. The predicted molar refractivity (Wildman–Crippen MR) is 64.4 cm³/mol. The van der Waals surface area contributed by atoms with Crippen molar-refractivity contribution in [1.29, 1.82) is 5.26 Å². The van der Waals surface area contributed by atoms with E-state index >= 15 is 0 Å². The third-order valence-electron chi connectivity index (χ3n) is 2.26. The fraction of sp³-hybridized carbons (Fsp3) is 0.364. The molecule has 0 radical (unpaired) electrons. The minimum Gasteiger partial charge on any atom is -0.383 e. The lowest BCUT2D eigenvalue weighted by Crippen LogP contribution is -2.15. The van der Waals surface area contributed by atoms with Gasteiger partial charge in [-0.1, -0.05) is 0 Å².